The van der Waals surface area contributed by atoms with Gasteiger partial charge in [0.2, 0.25) is 0 Å². The number of nitrogens with one attached hydrogen (secondary N) is 1. The first-order chi connectivity index (χ1) is 10.2. The third kappa shape index (κ3) is 2.76. The fourth-order valence-corrected chi connectivity index (χ4v) is 2.92. The van der Waals surface area contributed by atoms with Gasteiger partial charge >= 0.3 is 0 Å². The summed E-state index contributed by atoms with van der Waals surface area (Å²) < 4.78 is 26.3. The molecule has 0 aliphatic carbocycles. The molecule has 2 aromatic rings. The molecule has 0 amide bonds. The summed E-state index contributed by atoms with van der Waals surface area (Å²) in [4.78, 5) is 0. The number of hydrogen-bond donors (Lipinski definition) is 1. The summed E-state index contributed by atoms with van der Waals surface area (Å²) in [6.45, 7) is 1.04. The van der Waals surface area contributed by atoms with Gasteiger partial charge in [-0.25, -0.2) is 4.39 Å². The Hall–Kier alpha value is -1.59. The van der Waals surface area contributed by atoms with E-state index in [2.05, 4.69) is 21.2 Å². The molecule has 21 heavy (non-hydrogen) atoms. The zero-order chi connectivity index (χ0) is 14.8. The van der Waals surface area contributed by atoms with Crippen LogP contribution in [0.15, 0.2) is 40.9 Å². The first kappa shape index (κ1) is 14.4. The molecule has 110 valence electrons. The van der Waals surface area contributed by atoms with Crippen LogP contribution >= 0.6 is 15.9 Å². The number of rotatable bonds is 3. The van der Waals surface area contributed by atoms with E-state index in [1.165, 1.54) is 6.07 Å². The second-order valence-corrected chi connectivity index (χ2v) is 5.67. The second kappa shape index (κ2) is 6.03. The van der Waals surface area contributed by atoms with Crippen LogP contribution in [0.2, 0.25) is 0 Å². The highest BCUT2D eigenvalue weighted by atomic mass is 79.9. The SMILES string of the molecule is CNC(c1cc(Br)ccc1F)c1cccc2c1OCCO2. The maximum absolute atomic E-state index is 14.2. The van der Waals surface area contributed by atoms with Crippen LogP contribution < -0.4 is 14.8 Å². The molecule has 0 bridgehead atoms. The summed E-state index contributed by atoms with van der Waals surface area (Å²) in [5.41, 5.74) is 1.43. The second-order valence-electron chi connectivity index (χ2n) is 4.76. The molecular formula is C16H15BrFNO2. The fraction of sp³-hybridized carbons (Fsp3) is 0.250. The van der Waals surface area contributed by atoms with Gasteiger partial charge < -0.3 is 14.8 Å². The standard InChI is InChI=1S/C16H15BrFNO2/c1-19-15(12-9-10(17)5-6-13(12)18)11-3-2-4-14-16(11)21-8-7-20-14/h2-6,9,15,19H,7-8H2,1H3. The zero-order valence-corrected chi connectivity index (χ0v) is 13.1. The molecule has 1 aliphatic rings. The molecule has 0 spiro atoms. The first-order valence-corrected chi connectivity index (χ1v) is 7.50. The van der Waals surface area contributed by atoms with Gasteiger partial charge in [0.1, 0.15) is 19.0 Å². The highest BCUT2D eigenvalue weighted by Gasteiger charge is 2.24. The summed E-state index contributed by atoms with van der Waals surface area (Å²) in [7, 11) is 1.80. The van der Waals surface area contributed by atoms with Gasteiger partial charge in [-0.05, 0) is 31.3 Å². The lowest BCUT2D eigenvalue weighted by Crippen LogP contribution is -2.23. The van der Waals surface area contributed by atoms with Crippen LogP contribution in [0.4, 0.5) is 4.39 Å². The molecule has 0 saturated carbocycles. The highest BCUT2D eigenvalue weighted by molar-refractivity contribution is 9.10. The van der Waals surface area contributed by atoms with Gasteiger partial charge in [0.05, 0.1) is 6.04 Å². The Morgan fingerprint density at radius 1 is 1.14 bits per heavy atom. The van der Waals surface area contributed by atoms with Crippen LogP contribution in [-0.2, 0) is 0 Å². The van der Waals surface area contributed by atoms with Crippen molar-refractivity contribution in [3.8, 4) is 11.5 Å². The molecule has 0 radical (unpaired) electrons. The van der Waals surface area contributed by atoms with E-state index >= 15 is 0 Å². The lowest BCUT2D eigenvalue weighted by Gasteiger charge is -2.25. The number of halogens is 2. The van der Waals surface area contributed by atoms with Gasteiger partial charge in [0, 0.05) is 15.6 Å². The largest absolute Gasteiger partial charge is 0.486 e. The van der Waals surface area contributed by atoms with Gasteiger partial charge in [-0.3, -0.25) is 0 Å². The van der Waals surface area contributed by atoms with Crippen molar-refractivity contribution in [1.82, 2.24) is 5.32 Å². The molecule has 1 aliphatic heterocycles. The molecule has 0 saturated heterocycles. The molecule has 1 heterocycles. The van der Waals surface area contributed by atoms with Crippen molar-refractivity contribution in [2.24, 2.45) is 0 Å². The molecule has 0 fully saturated rings. The predicted octanol–water partition coefficient (Wildman–Crippen LogP) is 3.67. The number of ether oxygens (including phenoxy) is 2. The van der Waals surface area contributed by atoms with Crippen LogP contribution in [-0.4, -0.2) is 20.3 Å². The lowest BCUT2D eigenvalue weighted by atomic mass is 9.97. The number of fused-ring (bicyclic) bond motifs is 1. The molecule has 5 heteroatoms. The number of hydrogen-bond acceptors (Lipinski definition) is 3. The molecule has 1 atom stereocenters. The minimum absolute atomic E-state index is 0.258. The normalized spacial score (nSPS) is 14.8. The van der Waals surface area contributed by atoms with Crippen molar-refractivity contribution in [3.05, 3.63) is 57.8 Å². The van der Waals surface area contributed by atoms with E-state index in [0.29, 0.717) is 30.3 Å². The van der Waals surface area contributed by atoms with Crippen LogP contribution in [0, 0.1) is 5.82 Å². The summed E-state index contributed by atoms with van der Waals surface area (Å²) >= 11 is 3.39. The summed E-state index contributed by atoms with van der Waals surface area (Å²) in [5.74, 6) is 1.13. The lowest BCUT2D eigenvalue weighted by molar-refractivity contribution is 0.169. The highest BCUT2D eigenvalue weighted by Crippen LogP contribution is 2.39. The third-order valence-corrected chi connectivity index (χ3v) is 3.96. The molecule has 0 aromatic heterocycles. The predicted molar refractivity (Wildman–Crippen MR) is 82.4 cm³/mol. The van der Waals surface area contributed by atoms with Gasteiger partial charge in [0.25, 0.3) is 0 Å². The third-order valence-electron chi connectivity index (χ3n) is 3.47. The van der Waals surface area contributed by atoms with E-state index in [1.807, 2.05) is 18.2 Å². The molecular weight excluding hydrogens is 337 g/mol. The smallest absolute Gasteiger partial charge is 0.166 e. The van der Waals surface area contributed by atoms with Crippen LogP contribution in [0.25, 0.3) is 0 Å². The van der Waals surface area contributed by atoms with E-state index < -0.39 is 0 Å². The minimum atomic E-state index is -0.306. The Labute approximate surface area is 131 Å². The van der Waals surface area contributed by atoms with Gasteiger partial charge in [-0.1, -0.05) is 28.1 Å². The maximum Gasteiger partial charge on any atom is 0.166 e. The van der Waals surface area contributed by atoms with Gasteiger partial charge in [-0.2, -0.15) is 0 Å². The molecule has 3 rings (SSSR count). The Kier molecular flexibility index (Phi) is 4.12. The van der Waals surface area contributed by atoms with E-state index in [-0.39, 0.29) is 11.9 Å². The summed E-state index contributed by atoms with van der Waals surface area (Å²) in [6.07, 6.45) is 0. The van der Waals surface area contributed by atoms with E-state index in [1.54, 1.807) is 19.2 Å². The fourth-order valence-electron chi connectivity index (χ4n) is 2.54. The maximum atomic E-state index is 14.2. The Morgan fingerprint density at radius 3 is 2.76 bits per heavy atom. The van der Waals surface area contributed by atoms with Gasteiger partial charge in [0.15, 0.2) is 11.5 Å². The molecule has 1 N–H and O–H groups in total. The molecule has 3 nitrogen and oxygen atoms in total. The Balaban J connectivity index is 2.10. The van der Waals surface area contributed by atoms with Crippen molar-refractivity contribution in [2.75, 3.05) is 20.3 Å². The number of para-hydroxylation sites is 1. The van der Waals surface area contributed by atoms with Crippen LogP contribution in [0.3, 0.4) is 0 Å². The summed E-state index contributed by atoms with van der Waals surface area (Å²) in [5, 5.41) is 3.16. The van der Waals surface area contributed by atoms with Crippen LogP contribution in [0.5, 0.6) is 11.5 Å². The van der Waals surface area contributed by atoms with Crippen molar-refractivity contribution in [1.29, 1.82) is 0 Å². The average molecular weight is 352 g/mol. The first-order valence-electron chi connectivity index (χ1n) is 6.71. The topological polar surface area (TPSA) is 30.5 Å². The van der Waals surface area contributed by atoms with Crippen molar-refractivity contribution in [3.63, 3.8) is 0 Å². The Bertz CT molecular complexity index is 663. The quantitative estimate of drug-likeness (QED) is 0.915. The molecule has 1 unspecified atom stereocenters. The van der Waals surface area contributed by atoms with Crippen LogP contribution in [0.1, 0.15) is 17.2 Å². The van der Waals surface area contributed by atoms with Gasteiger partial charge in [-0.15, -0.1) is 0 Å². The number of benzene rings is 2. The average Bonchev–Trinajstić information content (AvgIpc) is 2.51. The molecule has 2 aromatic carbocycles. The zero-order valence-electron chi connectivity index (χ0n) is 11.5. The van der Waals surface area contributed by atoms with Crippen molar-refractivity contribution >= 4 is 15.9 Å². The Morgan fingerprint density at radius 2 is 1.95 bits per heavy atom. The van der Waals surface area contributed by atoms with Crippen molar-refractivity contribution < 1.29 is 13.9 Å². The minimum Gasteiger partial charge on any atom is -0.486 e. The monoisotopic (exact) mass is 351 g/mol. The van der Waals surface area contributed by atoms with E-state index in [0.717, 1.165) is 10.0 Å². The van der Waals surface area contributed by atoms with E-state index in [9.17, 15) is 4.39 Å². The summed E-state index contributed by atoms with van der Waals surface area (Å²) in [6, 6.07) is 10.3. The van der Waals surface area contributed by atoms with E-state index in [4.69, 9.17) is 9.47 Å². The van der Waals surface area contributed by atoms with Crippen molar-refractivity contribution in [2.45, 2.75) is 6.04 Å².